The molecule has 16 heavy (non-hydrogen) atoms. The average Bonchev–Trinajstić information content (AvgIpc) is 2.32. The van der Waals surface area contributed by atoms with Gasteiger partial charge in [-0.15, -0.1) is 6.42 Å². The molecule has 0 saturated carbocycles. The van der Waals surface area contributed by atoms with Crippen LogP contribution in [0.4, 0.5) is 11.4 Å². The molecule has 0 aliphatic rings. The molecule has 0 fully saturated rings. The van der Waals surface area contributed by atoms with Gasteiger partial charge in [0.1, 0.15) is 0 Å². The molecule has 2 aromatic carbocycles. The van der Waals surface area contributed by atoms with E-state index in [4.69, 9.17) is 17.9 Å². The standard InChI is InChI=1S/C14H12N2/c1-2-10-4-3-5-11(8-10)13-9-12(15)6-7-14(13)16/h1,3-9H,15-16H2. The normalized spacial score (nSPS) is 9.69. The van der Waals surface area contributed by atoms with E-state index in [0.717, 1.165) is 16.7 Å². The van der Waals surface area contributed by atoms with Gasteiger partial charge in [-0.3, -0.25) is 0 Å². The molecule has 2 nitrogen and oxygen atoms in total. The third kappa shape index (κ3) is 1.84. The first-order chi connectivity index (χ1) is 7.70. The van der Waals surface area contributed by atoms with E-state index in [9.17, 15) is 0 Å². The first kappa shape index (κ1) is 10.1. The van der Waals surface area contributed by atoms with E-state index in [-0.39, 0.29) is 0 Å². The molecule has 0 spiro atoms. The molecule has 0 aliphatic heterocycles. The Kier molecular flexibility index (Phi) is 2.53. The van der Waals surface area contributed by atoms with Gasteiger partial charge >= 0.3 is 0 Å². The molecule has 2 heteroatoms. The van der Waals surface area contributed by atoms with Crippen LogP contribution < -0.4 is 11.5 Å². The summed E-state index contributed by atoms with van der Waals surface area (Å²) in [6.45, 7) is 0. The second-order valence-electron chi connectivity index (χ2n) is 3.57. The quantitative estimate of drug-likeness (QED) is 0.559. The Morgan fingerprint density at radius 3 is 2.56 bits per heavy atom. The van der Waals surface area contributed by atoms with Gasteiger partial charge in [-0.1, -0.05) is 18.1 Å². The lowest BCUT2D eigenvalue weighted by atomic mass is 10.0. The minimum absolute atomic E-state index is 0.690. The van der Waals surface area contributed by atoms with Gasteiger partial charge < -0.3 is 11.5 Å². The lowest BCUT2D eigenvalue weighted by molar-refractivity contribution is 1.58. The maximum absolute atomic E-state index is 5.91. The Bertz CT molecular complexity index is 565. The lowest BCUT2D eigenvalue weighted by Gasteiger charge is -2.07. The first-order valence-electron chi connectivity index (χ1n) is 4.93. The van der Waals surface area contributed by atoms with Crippen molar-refractivity contribution in [1.29, 1.82) is 0 Å². The molecule has 2 aromatic rings. The lowest BCUT2D eigenvalue weighted by Crippen LogP contribution is -1.93. The minimum atomic E-state index is 0.690. The molecule has 0 bridgehead atoms. The maximum Gasteiger partial charge on any atom is 0.0395 e. The van der Waals surface area contributed by atoms with Crippen LogP contribution in [0.2, 0.25) is 0 Å². The van der Waals surface area contributed by atoms with Crippen LogP contribution in [-0.4, -0.2) is 0 Å². The fourth-order valence-corrected chi connectivity index (χ4v) is 1.60. The van der Waals surface area contributed by atoms with E-state index in [1.807, 2.05) is 30.3 Å². The van der Waals surface area contributed by atoms with Crippen LogP contribution in [-0.2, 0) is 0 Å². The summed E-state index contributed by atoms with van der Waals surface area (Å²) in [5, 5.41) is 0. The Balaban J connectivity index is 2.58. The van der Waals surface area contributed by atoms with Crippen LogP contribution in [0.25, 0.3) is 11.1 Å². The van der Waals surface area contributed by atoms with E-state index in [1.165, 1.54) is 0 Å². The van der Waals surface area contributed by atoms with E-state index < -0.39 is 0 Å². The van der Waals surface area contributed by atoms with Gasteiger partial charge in [0.15, 0.2) is 0 Å². The summed E-state index contributed by atoms with van der Waals surface area (Å²) in [5.74, 6) is 2.60. The smallest absolute Gasteiger partial charge is 0.0395 e. The van der Waals surface area contributed by atoms with Crippen molar-refractivity contribution in [3.8, 4) is 23.5 Å². The highest BCUT2D eigenvalue weighted by Gasteiger charge is 2.03. The predicted octanol–water partition coefficient (Wildman–Crippen LogP) is 2.50. The Morgan fingerprint density at radius 2 is 1.81 bits per heavy atom. The molecule has 0 aromatic heterocycles. The number of hydrogen-bond acceptors (Lipinski definition) is 2. The second kappa shape index (κ2) is 4.00. The van der Waals surface area contributed by atoms with Gasteiger partial charge in [0, 0.05) is 22.5 Å². The van der Waals surface area contributed by atoms with Crippen molar-refractivity contribution in [3.63, 3.8) is 0 Å². The zero-order valence-corrected chi connectivity index (χ0v) is 8.77. The highest BCUT2D eigenvalue weighted by molar-refractivity contribution is 5.79. The zero-order valence-electron chi connectivity index (χ0n) is 8.77. The van der Waals surface area contributed by atoms with Crippen LogP contribution >= 0.6 is 0 Å². The Labute approximate surface area is 94.9 Å². The molecule has 0 atom stereocenters. The molecule has 4 N–H and O–H groups in total. The molecule has 0 amide bonds. The molecule has 78 valence electrons. The van der Waals surface area contributed by atoms with Gasteiger partial charge in [-0.2, -0.15) is 0 Å². The van der Waals surface area contributed by atoms with Crippen molar-refractivity contribution >= 4 is 11.4 Å². The van der Waals surface area contributed by atoms with Crippen LogP contribution in [0.3, 0.4) is 0 Å². The fourth-order valence-electron chi connectivity index (χ4n) is 1.60. The van der Waals surface area contributed by atoms with Crippen LogP contribution in [0.15, 0.2) is 42.5 Å². The molecule has 0 heterocycles. The van der Waals surface area contributed by atoms with Crippen molar-refractivity contribution in [2.75, 3.05) is 11.5 Å². The Hall–Kier alpha value is -2.40. The third-order valence-electron chi connectivity index (χ3n) is 2.42. The van der Waals surface area contributed by atoms with E-state index in [0.29, 0.717) is 11.4 Å². The summed E-state index contributed by atoms with van der Waals surface area (Å²) in [6, 6.07) is 13.1. The maximum atomic E-state index is 5.91. The zero-order chi connectivity index (χ0) is 11.5. The summed E-state index contributed by atoms with van der Waals surface area (Å²) in [5.41, 5.74) is 15.8. The number of rotatable bonds is 1. The minimum Gasteiger partial charge on any atom is -0.399 e. The summed E-state index contributed by atoms with van der Waals surface area (Å²) in [7, 11) is 0. The number of nitrogen functional groups attached to an aromatic ring is 2. The summed E-state index contributed by atoms with van der Waals surface area (Å²) >= 11 is 0. The number of benzene rings is 2. The van der Waals surface area contributed by atoms with E-state index in [1.54, 1.807) is 12.1 Å². The largest absolute Gasteiger partial charge is 0.399 e. The topological polar surface area (TPSA) is 52.0 Å². The van der Waals surface area contributed by atoms with Gasteiger partial charge in [0.25, 0.3) is 0 Å². The SMILES string of the molecule is C#Cc1cccc(-c2cc(N)ccc2N)c1. The average molecular weight is 208 g/mol. The summed E-state index contributed by atoms with van der Waals surface area (Å²) in [6.07, 6.45) is 5.36. The van der Waals surface area contributed by atoms with Crippen molar-refractivity contribution in [2.45, 2.75) is 0 Å². The van der Waals surface area contributed by atoms with Gasteiger partial charge in [0.05, 0.1) is 0 Å². The fraction of sp³-hybridized carbons (Fsp3) is 0. The summed E-state index contributed by atoms with van der Waals surface area (Å²) in [4.78, 5) is 0. The van der Waals surface area contributed by atoms with E-state index in [2.05, 4.69) is 5.92 Å². The summed E-state index contributed by atoms with van der Waals surface area (Å²) < 4.78 is 0. The van der Waals surface area contributed by atoms with Gasteiger partial charge in [-0.05, 0) is 35.9 Å². The molecule has 0 saturated heterocycles. The molecule has 2 rings (SSSR count). The number of nitrogens with two attached hydrogens (primary N) is 2. The van der Waals surface area contributed by atoms with Crippen molar-refractivity contribution in [2.24, 2.45) is 0 Å². The Morgan fingerprint density at radius 1 is 1.00 bits per heavy atom. The first-order valence-corrected chi connectivity index (χ1v) is 4.93. The molecule has 0 aliphatic carbocycles. The highest BCUT2D eigenvalue weighted by Crippen LogP contribution is 2.28. The molecular weight excluding hydrogens is 196 g/mol. The monoisotopic (exact) mass is 208 g/mol. The van der Waals surface area contributed by atoms with Crippen LogP contribution in [0, 0.1) is 12.3 Å². The second-order valence-corrected chi connectivity index (χ2v) is 3.57. The van der Waals surface area contributed by atoms with E-state index >= 15 is 0 Å². The van der Waals surface area contributed by atoms with Crippen molar-refractivity contribution in [1.82, 2.24) is 0 Å². The highest BCUT2D eigenvalue weighted by atomic mass is 14.6. The van der Waals surface area contributed by atoms with Crippen molar-refractivity contribution in [3.05, 3.63) is 48.0 Å². The van der Waals surface area contributed by atoms with Gasteiger partial charge in [-0.25, -0.2) is 0 Å². The van der Waals surface area contributed by atoms with Crippen molar-refractivity contribution < 1.29 is 0 Å². The third-order valence-corrected chi connectivity index (χ3v) is 2.42. The predicted molar refractivity (Wildman–Crippen MR) is 68.6 cm³/mol. The number of terminal acetylenes is 1. The van der Waals surface area contributed by atoms with Crippen LogP contribution in [0.1, 0.15) is 5.56 Å². The number of hydrogen-bond donors (Lipinski definition) is 2. The molecular formula is C14H12N2. The number of anilines is 2. The van der Waals surface area contributed by atoms with Crippen LogP contribution in [0.5, 0.6) is 0 Å². The van der Waals surface area contributed by atoms with Gasteiger partial charge in [0.2, 0.25) is 0 Å². The molecule has 0 radical (unpaired) electrons. The molecule has 0 unspecified atom stereocenters.